The Kier molecular flexibility index (Phi) is 6.66. The van der Waals surface area contributed by atoms with E-state index in [-0.39, 0.29) is 11.5 Å². The van der Waals surface area contributed by atoms with Crippen molar-refractivity contribution in [3.63, 3.8) is 0 Å². The molecule has 0 bridgehead atoms. The highest BCUT2D eigenvalue weighted by molar-refractivity contribution is 5.94. The van der Waals surface area contributed by atoms with Crippen molar-refractivity contribution in [1.82, 2.24) is 9.47 Å². The highest BCUT2D eigenvalue weighted by Crippen LogP contribution is 2.19. The zero-order valence-electron chi connectivity index (χ0n) is 17.9. The first-order valence-electron chi connectivity index (χ1n) is 10.5. The minimum absolute atomic E-state index is 0.0781. The van der Waals surface area contributed by atoms with Crippen LogP contribution in [-0.4, -0.2) is 22.5 Å². The molecule has 0 saturated carbocycles. The zero-order valence-corrected chi connectivity index (χ0v) is 17.9. The molecule has 0 radical (unpaired) electrons. The molecule has 0 spiro atoms. The van der Waals surface area contributed by atoms with Crippen molar-refractivity contribution in [3.05, 3.63) is 125 Å². The van der Waals surface area contributed by atoms with Gasteiger partial charge in [-0.25, -0.2) is 4.39 Å². The SMILES string of the molecule is COc1cccc(Cn2cccc2CN(Cc2ccccc2)C(=O)c2ccccc2F)c1. The van der Waals surface area contributed by atoms with E-state index in [0.29, 0.717) is 19.6 Å². The summed E-state index contributed by atoms with van der Waals surface area (Å²) in [5, 5.41) is 0. The summed E-state index contributed by atoms with van der Waals surface area (Å²) >= 11 is 0. The van der Waals surface area contributed by atoms with Gasteiger partial charge in [-0.1, -0.05) is 54.6 Å². The lowest BCUT2D eigenvalue weighted by Crippen LogP contribution is -2.31. The molecule has 4 aromatic rings. The number of nitrogens with zero attached hydrogens (tertiary/aromatic N) is 2. The van der Waals surface area contributed by atoms with Crippen LogP contribution in [0.5, 0.6) is 5.75 Å². The number of hydrogen-bond acceptors (Lipinski definition) is 2. The van der Waals surface area contributed by atoms with Gasteiger partial charge in [-0.2, -0.15) is 0 Å². The minimum atomic E-state index is -0.512. The third kappa shape index (κ3) is 5.06. The summed E-state index contributed by atoms with van der Waals surface area (Å²) in [5.41, 5.74) is 3.13. The van der Waals surface area contributed by atoms with Crippen LogP contribution < -0.4 is 4.74 Å². The van der Waals surface area contributed by atoms with Crippen LogP contribution in [0.15, 0.2) is 97.2 Å². The van der Waals surface area contributed by atoms with E-state index >= 15 is 0 Å². The second-order valence-electron chi connectivity index (χ2n) is 7.61. The van der Waals surface area contributed by atoms with Gasteiger partial charge in [0, 0.05) is 25.0 Å². The molecule has 32 heavy (non-hydrogen) atoms. The van der Waals surface area contributed by atoms with Crippen LogP contribution in [0.1, 0.15) is 27.2 Å². The molecule has 1 aromatic heterocycles. The molecule has 1 amide bonds. The number of hydrogen-bond donors (Lipinski definition) is 0. The fraction of sp³-hybridized carbons (Fsp3) is 0.148. The van der Waals surface area contributed by atoms with Gasteiger partial charge < -0.3 is 14.2 Å². The molecular formula is C27H25FN2O2. The van der Waals surface area contributed by atoms with Gasteiger partial charge in [0.15, 0.2) is 0 Å². The maximum Gasteiger partial charge on any atom is 0.257 e. The summed E-state index contributed by atoms with van der Waals surface area (Å²) in [6, 6.07) is 27.7. The number of rotatable bonds is 8. The Labute approximate surface area is 187 Å². The minimum Gasteiger partial charge on any atom is -0.497 e. The number of carbonyl (C=O) groups is 1. The summed E-state index contributed by atoms with van der Waals surface area (Å²) in [6.07, 6.45) is 1.99. The topological polar surface area (TPSA) is 34.5 Å². The van der Waals surface area contributed by atoms with Gasteiger partial charge in [0.1, 0.15) is 11.6 Å². The quantitative estimate of drug-likeness (QED) is 0.370. The lowest BCUT2D eigenvalue weighted by molar-refractivity contribution is 0.0721. The number of amides is 1. The smallest absolute Gasteiger partial charge is 0.257 e. The highest BCUT2D eigenvalue weighted by atomic mass is 19.1. The third-order valence-electron chi connectivity index (χ3n) is 5.37. The van der Waals surface area contributed by atoms with Crippen molar-refractivity contribution >= 4 is 5.91 Å². The molecule has 5 heteroatoms. The molecule has 4 rings (SSSR count). The Balaban J connectivity index is 1.61. The van der Waals surface area contributed by atoms with E-state index in [1.54, 1.807) is 24.1 Å². The van der Waals surface area contributed by atoms with Crippen molar-refractivity contribution < 1.29 is 13.9 Å². The van der Waals surface area contributed by atoms with Crippen LogP contribution in [0.3, 0.4) is 0 Å². The summed E-state index contributed by atoms with van der Waals surface area (Å²) in [5.74, 6) is -0.0416. The van der Waals surface area contributed by atoms with Crippen molar-refractivity contribution in [3.8, 4) is 5.75 Å². The van der Waals surface area contributed by atoms with Crippen LogP contribution in [0, 0.1) is 5.82 Å². The molecule has 0 aliphatic carbocycles. The Morgan fingerprint density at radius 3 is 2.41 bits per heavy atom. The first-order valence-corrected chi connectivity index (χ1v) is 10.5. The number of halogens is 1. The summed E-state index contributed by atoms with van der Waals surface area (Å²) in [7, 11) is 1.65. The monoisotopic (exact) mass is 428 g/mol. The normalized spacial score (nSPS) is 10.7. The van der Waals surface area contributed by atoms with E-state index in [1.807, 2.05) is 72.9 Å². The van der Waals surface area contributed by atoms with Crippen LogP contribution in [0.4, 0.5) is 4.39 Å². The largest absolute Gasteiger partial charge is 0.497 e. The predicted octanol–water partition coefficient (Wildman–Crippen LogP) is 5.53. The van der Waals surface area contributed by atoms with Crippen LogP contribution in [-0.2, 0) is 19.6 Å². The van der Waals surface area contributed by atoms with Crippen molar-refractivity contribution in [2.24, 2.45) is 0 Å². The van der Waals surface area contributed by atoms with Crippen molar-refractivity contribution in [1.29, 1.82) is 0 Å². The molecule has 0 aliphatic rings. The maximum absolute atomic E-state index is 14.4. The summed E-state index contributed by atoms with van der Waals surface area (Å²) in [4.78, 5) is 15.0. The molecule has 0 fully saturated rings. The molecule has 162 valence electrons. The predicted molar refractivity (Wildman–Crippen MR) is 123 cm³/mol. The highest BCUT2D eigenvalue weighted by Gasteiger charge is 2.21. The van der Waals surface area contributed by atoms with Crippen LogP contribution >= 0.6 is 0 Å². The number of carbonyl (C=O) groups excluding carboxylic acids is 1. The fourth-order valence-electron chi connectivity index (χ4n) is 3.72. The van der Waals surface area contributed by atoms with E-state index in [0.717, 1.165) is 22.6 Å². The second-order valence-corrected chi connectivity index (χ2v) is 7.61. The van der Waals surface area contributed by atoms with Gasteiger partial charge in [0.2, 0.25) is 0 Å². The van der Waals surface area contributed by atoms with Gasteiger partial charge in [0.05, 0.1) is 19.2 Å². The second kappa shape index (κ2) is 9.96. The molecule has 0 aliphatic heterocycles. The molecule has 1 heterocycles. The maximum atomic E-state index is 14.4. The average Bonchev–Trinajstić information content (AvgIpc) is 3.25. The van der Waals surface area contributed by atoms with Gasteiger partial charge in [-0.3, -0.25) is 4.79 Å². The van der Waals surface area contributed by atoms with E-state index in [9.17, 15) is 9.18 Å². The van der Waals surface area contributed by atoms with E-state index in [4.69, 9.17) is 4.74 Å². The zero-order chi connectivity index (χ0) is 22.3. The first-order chi connectivity index (χ1) is 15.6. The average molecular weight is 429 g/mol. The first kappa shape index (κ1) is 21.4. The molecule has 0 saturated heterocycles. The fourth-order valence-corrected chi connectivity index (χ4v) is 3.72. The van der Waals surface area contributed by atoms with Crippen molar-refractivity contribution in [2.45, 2.75) is 19.6 Å². The van der Waals surface area contributed by atoms with E-state index in [1.165, 1.54) is 12.1 Å². The van der Waals surface area contributed by atoms with Crippen LogP contribution in [0.25, 0.3) is 0 Å². The Bertz CT molecular complexity index is 1190. The summed E-state index contributed by atoms with van der Waals surface area (Å²) < 4.78 is 21.8. The third-order valence-corrected chi connectivity index (χ3v) is 5.37. The lowest BCUT2D eigenvalue weighted by Gasteiger charge is -2.24. The number of benzene rings is 3. The Morgan fingerprint density at radius 1 is 0.875 bits per heavy atom. The lowest BCUT2D eigenvalue weighted by atomic mass is 10.1. The molecule has 4 nitrogen and oxygen atoms in total. The van der Waals surface area contributed by atoms with Crippen LogP contribution in [0.2, 0.25) is 0 Å². The van der Waals surface area contributed by atoms with Gasteiger partial charge in [-0.05, 0) is 47.5 Å². The molecule has 0 unspecified atom stereocenters. The number of aromatic nitrogens is 1. The standard InChI is InChI=1S/C27H25FN2O2/c1-32-24-13-7-11-22(17-24)19-29-16-8-12-23(29)20-30(18-21-9-3-2-4-10-21)27(31)25-14-5-6-15-26(25)28/h2-17H,18-20H2,1H3. The molecule has 3 aromatic carbocycles. The van der Waals surface area contributed by atoms with Gasteiger partial charge in [0.25, 0.3) is 5.91 Å². The molecular weight excluding hydrogens is 403 g/mol. The molecule has 0 atom stereocenters. The van der Waals surface area contributed by atoms with Gasteiger partial charge >= 0.3 is 0 Å². The number of ether oxygens (including phenoxy) is 1. The molecule has 0 N–H and O–H groups in total. The van der Waals surface area contributed by atoms with Gasteiger partial charge in [-0.15, -0.1) is 0 Å². The Morgan fingerprint density at radius 2 is 1.62 bits per heavy atom. The van der Waals surface area contributed by atoms with E-state index < -0.39 is 5.82 Å². The number of methoxy groups -OCH3 is 1. The van der Waals surface area contributed by atoms with E-state index in [2.05, 4.69) is 4.57 Å². The summed E-state index contributed by atoms with van der Waals surface area (Å²) in [6.45, 7) is 1.39. The van der Waals surface area contributed by atoms with Crippen molar-refractivity contribution in [2.75, 3.05) is 7.11 Å². The Hall–Kier alpha value is -3.86.